The number of likely N-dealkylation sites (tertiary alicyclic amines) is 1. The summed E-state index contributed by atoms with van der Waals surface area (Å²) in [6.07, 6.45) is 8.65. The molecule has 21 heavy (non-hydrogen) atoms. The zero-order valence-corrected chi connectivity index (χ0v) is 12.5. The number of carbonyl (C=O) groups is 2. The topological polar surface area (TPSA) is 83.6 Å². The smallest absolute Gasteiger partial charge is 0.326 e. The molecule has 2 aliphatic carbocycles. The molecule has 0 bridgehead atoms. The lowest BCUT2D eigenvalue weighted by Crippen LogP contribution is -2.59. The van der Waals surface area contributed by atoms with Gasteiger partial charge in [-0.1, -0.05) is 19.3 Å². The Morgan fingerprint density at radius 3 is 2.38 bits per heavy atom. The number of amides is 1. The highest BCUT2D eigenvalue weighted by Gasteiger charge is 2.46. The number of hydrogen-bond donors (Lipinski definition) is 2. The van der Waals surface area contributed by atoms with Gasteiger partial charge in [0, 0.05) is 12.1 Å². The van der Waals surface area contributed by atoms with Gasteiger partial charge in [-0.15, -0.1) is 0 Å². The molecule has 3 aliphatic rings. The van der Waals surface area contributed by atoms with Gasteiger partial charge in [0.1, 0.15) is 6.04 Å². The number of fused-ring (bicyclic) bond motifs is 1. The van der Waals surface area contributed by atoms with Crippen molar-refractivity contribution in [3.8, 4) is 0 Å². The van der Waals surface area contributed by atoms with Gasteiger partial charge >= 0.3 is 5.97 Å². The lowest BCUT2D eigenvalue weighted by atomic mass is 9.75. The zero-order valence-electron chi connectivity index (χ0n) is 12.5. The summed E-state index contributed by atoms with van der Waals surface area (Å²) in [4.78, 5) is 26.3. The summed E-state index contributed by atoms with van der Waals surface area (Å²) in [7, 11) is 0. The number of carboxylic acids is 1. The second-order valence-electron chi connectivity index (χ2n) is 6.99. The average molecular weight is 294 g/mol. The molecule has 1 saturated heterocycles. The quantitative estimate of drug-likeness (QED) is 0.812. The SMILES string of the molecule is NC1CCCC1C(=O)N1C(C(=O)O)CCC2CCCCC21. The van der Waals surface area contributed by atoms with Gasteiger partial charge in [0.25, 0.3) is 0 Å². The molecule has 5 unspecified atom stereocenters. The van der Waals surface area contributed by atoms with E-state index < -0.39 is 12.0 Å². The van der Waals surface area contributed by atoms with E-state index >= 15 is 0 Å². The maximum atomic E-state index is 13.0. The minimum absolute atomic E-state index is 0.0176. The van der Waals surface area contributed by atoms with Crippen LogP contribution in [-0.4, -0.2) is 40.0 Å². The van der Waals surface area contributed by atoms with Gasteiger partial charge in [-0.05, 0) is 44.4 Å². The van der Waals surface area contributed by atoms with Crippen molar-refractivity contribution in [3.05, 3.63) is 0 Å². The van der Waals surface area contributed by atoms with Crippen LogP contribution in [0.5, 0.6) is 0 Å². The minimum atomic E-state index is -0.848. The fourth-order valence-corrected chi connectivity index (χ4v) is 4.68. The molecule has 1 amide bonds. The normalized spacial score (nSPS) is 39.9. The number of aliphatic carboxylic acids is 1. The van der Waals surface area contributed by atoms with E-state index in [1.165, 1.54) is 6.42 Å². The Morgan fingerprint density at radius 2 is 1.71 bits per heavy atom. The summed E-state index contributed by atoms with van der Waals surface area (Å²) in [5.41, 5.74) is 6.08. The molecular formula is C16H26N2O3. The molecule has 5 atom stereocenters. The molecule has 118 valence electrons. The van der Waals surface area contributed by atoms with Crippen LogP contribution in [0.15, 0.2) is 0 Å². The first-order valence-electron chi connectivity index (χ1n) is 8.40. The van der Waals surface area contributed by atoms with E-state index in [4.69, 9.17) is 5.73 Å². The molecular weight excluding hydrogens is 268 g/mol. The van der Waals surface area contributed by atoms with E-state index in [2.05, 4.69) is 0 Å². The van der Waals surface area contributed by atoms with Gasteiger partial charge in [0.2, 0.25) is 5.91 Å². The third kappa shape index (κ3) is 2.68. The number of nitrogens with two attached hydrogens (primary N) is 1. The molecule has 5 nitrogen and oxygen atoms in total. The zero-order chi connectivity index (χ0) is 15.0. The number of hydrogen-bond acceptors (Lipinski definition) is 3. The van der Waals surface area contributed by atoms with Crippen LogP contribution >= 0.6 is 0 Å². The molecule has 0 radical (unpaired) electrons. The molecule has 1 heterocycles. The van der Waals surface area contributed by atoms with Crippen LogP contribution < -0.4 is 5.73 Å². The van der Waals surface area contributed by atoms with Gasteiger partial charge in [-0.3, -0.25) is 4.79 Å². The van der Waals surface area contributed by atoms with Gasteiger partial charge in [-0.25, -0.2) is 4.79 Å². The van der Waals surface area contributed by atoms with Crippen molar-refractivity contribution in [2.75, 3.05) is 0 Å². The summed E-state index contributed by atoms with van der Waals surface area (Å²) in [5.74, 6) is -0.494. The van der Waals surface area contributed by atoms with E-state index in [-0.39, 0.29) is 23.9 Å². The van der Waals surface area contributed by atoms with Gasteiger partial charge in [-0.2, -0.15) is 0 Å². The highest BCUT2D eigenvalue weighted by atomic mass is 16.4. The third-order valence-corrected chi connectivity index (χ3v) is 5.80. The molecule has 3 fully saturated rings. The number of piperidine rings is 1. The van der Waals surface area contributed by atoms with Gasteiger partial charge in [0.05, 0.1) is 5.92 Å². The maximum Gasteiger partial charge on any atom is 0.326 e. The van der Waals surface area contributed by atoms with E-state index in [0.717, 1.165) is 44.9 Å². The number of nitrogens with zero attached hydrogens (tertiary/aromatic N) is 1. The average Bonchev–Trinajstić information content (AvgIpc) is 2.91. The summed E-state index contributed by atoms with van der Waals surface area (Å²) in [6, 6.07) is -0.588. The van der Waals surface area contributed by atoms with E-state index in [9.17, 15) is 14.7 Å². The summed E-state index contributed by atoms with van der Waals surface area (Å²) >= 11 is 0. The van der Waals surface area contributed by atoms with Crippen molar-refractivity contribution < 1.29 is 14.7 Å². The van der Waals surface area contributed by atoms with Crippen LogP contribution in [0.3, 0.4) is 0 Å². The monoisotopic (exact) mass is 294 g/mol. The Kier molecular flexibility index (Phi) is 4.20. The van der Waals surface area contributed by atoms with E-state index in [1.54, 1.807) is 4.90 Å². The first-order chi connectivity index (χ1) is 10.1. The first kappa shape index (κ1) is 14.8. The molecule has 0 aromatic heterocycles. The Morgan fingerprint density at radius 1 is 0.952 bits per heavy atom. The van der Waals surface area contributed by atoms with Crippen molar-refractivity contribution in [2.45, 2.75) is 75.9 Å². The third-order valence-electron chi connectivity index (χ3n) is 5.80. The highest BCUT2D eigenvalue weighted by Crippen LogP contribution is 2.40. The Bertz CT molecular complexity index is 426. The molecule has 2 saturated carbocycles. The fourth-order valence-electron chi connectivity index (χ4n) is 4.68. The van der Waals surface area contributed by atoms with Crippen molar-refractivity contribution in [2.24, 2.45) is 17.6 Å². The van der Waals surface area contributed by atoms with Crippen molar-refractivity contribution >= 4 is 11.9 Å². The summed E-state index contributed by atoms with van der Waals surface area (Å²) in [6.45, 7) is 0. The van der Waals surface area contributed by atoms with Crippen molar-refractivity contribution in [1.82, 2.24) is 4.90 Å². The molecule has 1 aliphatic heterocycles. The van der Waals surface area contributed by atoms with Crippen molar-refractivity contribution in [1.29, 1.82) is 0 Å². The van der Waals surface area contributed by atoms with Crippen LogP contribution in [0.1, 0.15) is 57.8 Å². The van der Waals surface area contributed by atoms with Crippen LogP contribution in [0.2, 0.25) is 0 Å². The largest absolute Gasteiger partial charge is 0.480 e. The first-order valence-corrected chi connectivity index (χ1v) is 8.40. The van der Waals surface area contributed by atoms with E-state index in [1.807, 2.05) is 0 Å². The molecule has 0 aromatic rings. The van der Waals surface area contributed by atoms with Gasteiger partial charge in [0.15, 0.2) is 0 Å². The van der Waals surface area contributed by atoms with Crippen molar-refractivity contribution in [3.63, 3.8) is 0 Å². The molecule has 0 spiro atoms. The number of carbonyl (C=O) groups excluding carboxylic acids is 1. The minimum Gasteiger partial charge on any atom is -0.480 e. The van der Waals surface area contributed by atoms with Crippen LogP contribution in [0, 0.1) is 11.8 Å². The standard InChI is InChI=1S/C16H26N2O3/c17-12-6-3-5-11(12)15(19)18-13-7-2-1-4-10(13)8-9-14(18)16(20)21/h10-14H,1-9,17H2,(H,20,21). The number of carboxylic acid groups (broad SMARTS) is 1. The Labute approximate surface area is 125 Å². The van der Waals surface area contributed by atoms with Crippen LogP contribution in [0.25, 0.3) is 0 Å². The van der Waals surface area contributed by atoms with E-state index in [0.29, 0.717) is 12.3 Å². The van der Waals surface area contributed by atoms with Gasteiger partial charge < -0.3 is 15.7 Å². The molecule has 0 aromatic carbocycles. The predicted molar refractivity (Wildman–Crippen MR) is 78.6 cm³/mol. The molecule has 3 N–H and O–H groups in total. The summed E-state index contributed by atoms with van der Waals surface area (Å²) in [5, 5.41) is 9.53. The number of rotatable bonds is 2. The fraction of sp³-hybridized carbons (Fsp3) is 0.875. The predicted octanol–water partition coefficient (Wildman–Crippen LogP) is 1.75. The lowest BCUT2D eigenvalue weighted by Gasteiger charge is -2.48. The van der Waals surface area contributed by atoms with Crippen LogP contribution in [0.4, 0.5) is 0 Å². The summed E-state index contributed by atoms with van der Waals surface area (Å²) < 4.78 is 0. The Hall–Kier alpha value is -1.10. The highest BCUT2D eigenvalue weighted by molar-refractivity contribution is 5.86. The Balaban J connectivity index is 1.85. The molecule has 3 rings (SSSR count). The molecule has 5 heteroatoms. The second kappa shape index (κ2) is 5.95. The maximum absolute atomic E-state index is 13.0. The lowest BCUT2D eigenvalue weighted by molar-refractivity contribution is -0.160. The second-order valence-corrected chi connectivity index (χ2v) is 6.99. The van der Waals surface area contributed by atoms with Crippen LogP contribution in [-0.2, 0) is 9.59 Å².